The quantitative estimate of drug-likeness (QED) is 0.651. The molecule has 5 heteroatoms. The Labute approximate surface area is 145 Å². The van der Waals surface area contributed by atoms with Gasteiger partial charge in [-0.3, -0.25) is 0 Å². The Morgan fingerprint density at radius 2 is 2.04 bits per heavy atom. The molecule has 1 aromatic carbocycles. The Kier molecular flexibility index (Phi) is 5.56. The van der Waals surface area contributed by atoms with Crippen LogP contribution in [0, 0.1) is 0 Å². The van der Waals surface area contributed by atoms with E-state index >= 15 is 0 Å². The van der Waals surface area contributed by atoms with Crippen LogP contribution in [0.3, 0.4) is 0 Å². The molecular formula is C19H21NO3S. The van der Waals surface area contributed by atoms with Crippen LogP contribution < -0.4 is 15.2 Å². The van der Waals surface area contributed by atoms with Gasteiger partial charge < -0.3 is 19.6 Å². The zero-order valence-electron chi connectivity index (χ0n) is 13.6. The number of furan rings is 1. The van der Waals surface area contributed by atoms with Crippen LogP contribution in [-0.2, 0) is 13.0 Å². The van der Waals surface area contributed by atoms with Gasteiger partial charge >= 0.3 is 0 Å². The lowest BCUT2D eigenvalue weighted by Crippen LogP contribution is -2.12. The van der Waals surface area contributed by atoms with Gasteiger partial charge in [-0.2, -0.15) is 0 Å². The first-order valence-electron chi connectivity index (χ1n) is 7.96. The van der Waals surface area contributed by atoms with E-state index in [0.717, 1.165) is 22.8 Å². The van der Waals surface area contributed by atoms with Crippen molar-refractivity contribution in [3.8, 4) is 11.5 Å². The molecular weight excluding hydrogens is 322 g/mol. The van der Waals surface area contributed by atoms with Crippen LogP contribution >= 0.6 is 11.3 Å². The predicted molar refractivity (Wildman–Crippen MR) is 95.6 cm³/mol. The first-order valence-corrected chi connectivity index (χ1v) is 8.84. The smallest absolute Gasteiger partial charge is 0.161 e. The highest BCUT2D eigenvalue weighted by Gasteiger charge is 2.13. The molecule has 0 saturated carbocycles. The van der Waals surface area contributed by atoms with E-state index in [4.69, 9.17) is 19.6 Å². The maximum atomic E-state index is 6.19. The third kappa shape index (κ3) is 4.19. The predicted octanol–water partition coefficient (Wildman–Crippen LogP) is 4.56. The van der Waals surface area contributed by atoms with Crippen molar-refractivity contribution in [2.45, 2.75) is 26.0 Å². The minimum absolute atomic E-state index is 0.174. The number of rotatable bonds is 8. The van der Waals surface area contributed by atoms with E-state index in [9.17, 15) is 0 Å². The molecule has 3 aromatic rings. The molecule has 0 aliphatic carbocycles. The van der Waals surface area contributed by atoms with Crippen molar-refractivity contribution in [1.82, 2.24) is 0 Å². The molecule has 1 atom stereocenters. The van der Waals surface area contributed by atoms with Gasteiger partial charge in [0, 0.05) is 4.88 Å². The second-order valence-electron chi connectivity index (χ2n) is 5.41. The van der Waals surface area contributed by atoms with Gasteiger partial charge in [0.05, 0.1) is 18.9 Å². The van der Waals surface area contributed by atoms with E-state index < -0.39 is 0 Å². The largest absolute Gasteiger partial charge is 0.490 e. The topological polar surface area (TPSA) is 57.6 Å². The molecule has 2 N–H and O–H groups in total. The van der Waals surface area contributed by atoms with Gasteiger partial charge in [0.25, 0.3) is 0 Å². The number of ether oxygens (including phenoxy) is 2. The summed E-state index contributed by atoms with van der Waals surface area (Å²) >= 11 is 1.68. The molecule has 0 saturated heterocycles. The lowest BCUT2D eigenvalue weighted by Gasteiger charge is -2.14. The average molecular weight is 343 g/mol. The van der Waals surface area contributed by atoms with Gasteiger partial charge in [0.2, 0.25) is 0 Å². The third-order valence-electron chi connectivity index (χ3n) is 3.62. The minimum Gasteiger partial charge on any atom is -0.490 e. The number of nitrogens with two attached hydrogens (primary N) is 1. The molecule has 0 aliphatic rings. The number of hydrogen-bond acceptors (Lipinski definition) is 5. The highest BCUT2D eigenvalue weighted by atomic mass is 32.1. The van der Waals surface area contributed by atoms with Crippen LogP contribution in [0.5, 0.6) is 11.5 Å². The van der Waals surface area contributed by atoms with Gasteiger partial charge in [0.15, 0.2) is 11.5 Å². The fourth-order valence-corrected chi connectivity index (χ4v) is 3.08. The summed E-state index contributed by atoms with van der Waals surface area (Å²) in [5, 5.41) is 2.04. The van der Waals surface area contributed by atoms with E-state index in [2.05, 4.69) is 6.07 Å². The van der Waals surface area contributed by atoms with Crippen molar-refractivity contribution in [2.75, 3.05) is 6.61 Å². The number of hydrogen-bond donors (Lipinski definition) is 1. The van der Waals surface area contributed by atoms with Crippen molar-refractivity contribution in [1.29, 1.82) is 0 Å². The molecule has 0 aliphatic heterocycles. The lowest BCUT2D eigenvalue weighted by molar-refractivity contribution is 0.271. The Balaban J connectivity index is 1.71. The maximum Gasteiger partial charge on any atom is 0.161 e. The Morgan fingerprint density at radius 3 is 2.75 bits per heavy atom. The van der Waals surface area contributed by atoms with E-state index in [1.807, 2.05) is 48.7 Å². The highest BCUT2D eigenvalue weighted by molar-refractivity contribution is 7.09. The van der Waals surface area contributed by atoms with Crippen LogP contribution in [0.4, 0.5) is 0 Å². The summed E-state index contributed by atoms with van der Waals surface area (Å²) in [6.07, 6.45) is 2.32. The summed E-state index contributed by atoms with van der Waals surface area (Å²) in [6, 6.07) is 13.6. The highest BCUT2D eigenvalue weighted by Crippen LogP contribution is 2.31. The third-order valence-corrected chi connectivity index (χ3v) is 4.47. The second kappa shape index (κ2) is 8.04. The van der Waals surface area contributed by atoms with Crippen molar-refractivity contribution in [3.63, 3.8) is 0 Å². The summed E-state index contributed by atoms with van der Waals surface area (Å²) in [5.41, 5.74) is 7.28. The molecule has 2 aromatic heterocycles. The SMILES string of the molecule is CCOc1cc(CC(N)c2ccco2)ccc1OCc1cccs1. The van der Waals surface area contributed by atoms with E-state index in [1.54, 1.807) is 17.6 Å². The molecule has 0 amide bonds. The Morgan fingerprint density at radius 1 is 1.12 bits per heavy atom. The molecule has 0 spiro atoms. The van der Waals surface area contributed by atoms with E-state index in [1.165, 1.54) is 4.88 Å². The summed E-state index contributed by atoms with van der Waals surface area (Å²) in [5.74, 6) is 2.28. The first kappa shape index (κ1) is 16.6. The number of benzene rings is 1. The summed E-state index contributed by atoms with van der Waals surface area (Å²) < 4.78 is 17.0. The molecule has 2 heterocycles. The fraction of sp³-hybridized carbons (Fsp3) is 0.263. The zero-order valence-corrected chi connectivity index (χ0v) is 14.4. The summed E-state index contributed by atoms with van der Waals surface area (Å²) in [6.45, 7) is 3.09. The molecule has 0 fully saturated rings. The maximum absolute atomic E-state index is 6.19. The number of thiophene rings is 1. The van der Waals surface area contributed by atoms with Gasteiger partial charge in [-0.05, 0) is 54.6 Å². The zero-order chi connectivity index (χ0) is 16.8. The van der Waals surface area contributed by atoms with Gasteiger partial charge in [-0.1, -0.05) is 12.1 Å². The Bertz CT molecular complexity index is 738. The molecule has 1 unspecified atom stereocenters. The van der Waals surface area contributed by atoms with Crippen molar-refractivity contribution >= 4 is 11.3 Å². The second-order valence-corrected chi connectivity index (χ2v) is 6.44. The molecule has 0 bridgehead atoms. The Hall–Kier alpha value is -2.24. The average Bonchev–Trinajstić information content (AvgIpc) is 3.28. The van der Waals surface area contributed by atoms with Crippen molar-refractivity contribution < 1.29 is 13.9 Å². The van der Waals surface area contributed by atoms with Crippen LogP contribution in [0.25, 0.3) is 0 Å². The van der Waals surface area contributed by atoms with Crippen LogP contribution in [-0.4, -0.2) is 6.61 Å². The fourth-order valence-electron chi connectivity index (χ4n) is 2.47. The summed E-state index contributed by atoms with van der Waals surface area (Å²) in [4.78, 5) is 1.18. The van der Waals surface area contributed by atoms with Crippen molar-refractivity contribution in [3.05, 3.63) is 70.3 Å². The van der Waals surface area contributed by atoms with Gasteiger partial charge in [-0.15, -0.1) is 11.3 Å². The van der Waals surface area contributed by atoms with Crippen LogP contribution in [0.1, 0.15) is 29.2 Å². The first-order chi connectivity index (χ1) is 11.8. The van der Waals surface area contributed by atoms with Gasteiger partial charge in [-0.25, -0.2) is 0 Å². The van der Waals surface area contributed by atoms with Gasteiger partial charge in [0.1, 0.15) is 12.4 Å². The molecule has 4 nitrogen and oxygen atoms in total. The van der Waals surface area contributed by atoms with Crippen molar-refractivity contribution in [2.24, 2.45) is 5.73 Å². The van der Waals surface area contributed by atoms with E-state index in [-0.39, 0.29) is 6.04 Å². The summed E-state index contributed by atoms with van der Waals surface area (Å²) in [7, 11) is 0. The molecule has 126 valence electrons. The molecule has 0 radical (unpaired) electrons. The molecule has 24 heavy (non-hydrogen) atoms. The van der Waals surface area contributed by atoms with E-state index in [0.29, 0.717) is 19.6 Å². The minimum atomic E-state index is -0.174. The van der Waals surface area contributed by atoms with Crippen LogP contribution in [0.2, 0.25) is 0 Å². The molecule has 3 rings (SSSR count). The monoisotopic (exact) mass is 343 g/mol. The normalized spacial score (nSPS) is 12.1. The lowest BCUT2D eigenvalue weighted by atomic mass is 10.0. The van der Waals surface area contributed by atoms with Crippen LogP contribution in [0.15, 0.2) is 58.5 Å². The standard InChI is InChI=1S/C19H21NO3S/c1-2-21-19-12-14(11-16(20)17-6-3-9-22-17)7-8-18(19)23-13-15-5-4-10-24-15/h3-10,12,16H,2,11,13,20H2,1H3.